The van der Waals surface area contributed by atoms with Crippen LogP contribution in [0.1, 0.15) is 30.4 Å². The summed E-state index contributed by atoms with van der Waals surface area (Å²) in [5.74, 6) is 1.37. The zero-order valence-corrected chi connectivity index (χ0v) is 11.2. The SMILES string of the molecule is COc1cc(C)c(Cl)c(C2(N)CCC2)c1OC. The van der Waals surface area contributed by atoms with Gasteiger partial charge >= 0.3 is 0 Å². The molecule has 3 nitrogen and oxygen atoms in total. The van der Waals surface area contributed by atoms with E-state index in [2.05, 4.69) is 0 Å². The Bertz CT molecular complexity index is 442. The van der Waals surface area contributed by atoms with Crippen LogP contribution >= 0.6 is 11.6 Å². The van der Waals surface area contributed by atoms with E-state index in [9.17, 15) is 0 Å². The van der Waals surface area contributed by atoms with Gasteiger partial charge in [0.05, 0.1) is 19.2 Å². The van der Waals surface area contributed by atoms with E-state index in [1.54, 1.807) is 14.2 Å². The molecule has 0 aromatic heterocycles. The van der Waals surface area contributed by atoms with Gasteiger partial charge in [-0.2, -0.15) is 0 Å². The van der Waals surface area contributed by atoms with Gasteiger partial charge in [-0.3, -0.25) is 0 Å². The third-order valence-corrected chi connectivity index (χ3v) is 4.02. The lowest BCUT2D eigenvalue weighted by atomic mass is 9.72. The van der Waals surface area contributed by atoms with Gasteiger partial charge in [-0.25, -0.2) is 0 Å². The maximum atomic E-state index is 6.39. The third kappa shape index (κ3) is 1.87. The topological polar surface area (TPSA) is 44.5 Å². The number of nitrogens with two attached hydrogens (primary N) is 1. The average Bonchev–Trinajstić information content (AvgIpc) is 2.28. The number of hydrogen-bond acceptors (Lipinski definition) is 3. The summed E-state index contributed by atoms with van der Waals surface area (Å²) < 4.78 is 10.8. The molecular weight excluding hydrogens is 238 g/mol. The van der Waals surface area contributed by atoms with E-state index >= 15 is 0 Å². The predicted molar refractivity (Wildman–Crippen MR) is 69.0 cm³/mol. The van der Waals surface area contributed by atoms with Crippen LogP contribution < -0.4 is 15.2 Å². The van der Waals surface area contributed by atoms with Gasteiger partial charge in [0.15, 0.2) is 11.5 Å². The Morgan fingerprint density at radius 2 is 1.94 bits per heavy atom. The fourth-order valence-electron chi connectivity index (χ4n) is 2.35. The minimum Gasteiger partial charge on any atom is -0.493 e. The van der Waals surface area contributed by atoms with E-state index in [0.29, 0.717) is 16.5 Å². The van der Waals surface area contributed by atoms with Gasteiger partial charge in [0.1, 0.15) is 0 Å². The molecule has 0 heterocycles. The summed E-state index contributed by atoms with van der Waals surface area (Å²) in [6, 6.07) is 1.88. The minimum atomic E-state index is -0.359. The zero-order chi connectivity index (χ0) is 12.6. The first-order valence-electron chi connectivity index (χ1n) is 5.74. The quantitative estimate of drug-likeness (QED) is 0.903. The number of rotatable bonds is 3. The summed E-state index contributed by atoms with van der Waals surface area (Å²) in [7, 11) is 3.24. The van der Waals surface area contributed by atoms with Gasteiger partial charge in [-0.05, 0) is 37.8 Å². The first-order chi connectivity index (χ1) is 8.03. The molecular formula is C13H18ClNO2. The Morgan fingerprint density at radius 3 is 2.35 bits per heavy atom. The minimum absolute atomic E-state index is 0.359. The van der Waals surface area contributed by atoms with Crippen LogP contribution in [-0.2, 0) is 5.54 Å². The molecule has 0 unspecified atom stereocenters. The summed E-state index contributed by atoms with van der Waals surface area (Å²) in [6.45, 7) is 1.95. The van der Waals surface area contributed by atoms with Crippen LogP contribution in [-0.4, -0.2) is 14.2 Å². The average molecular weight is 256 g/mol. The molecule has 0 atom stereocenters. The van der Waals surface area contributed by atoms with Crippen LogP contribution in [0.25, 0.3) is 0 Å². The van der Waals surface area contributed by atoms with E-state index in [1.165, 1.54) is 0 Å². The molecule has 1 aromatic carbocycles. The van der Waals surface area contributed by atoms with Gasteiger partial charge in [0, 0.05) is 11.1 Å². The normalized spacial score (nSPS) is 17.5. The number of hydrogen-bond donors (Lipinski definition) is 1. The van der Waals surface area contributed by atoms with Gasteiger partial charge in [-0.15, -0.1) is 0 Å². The standard InChI is InChI=1S/C13H18ClNO2/c1-8-7-9(16-2)12(17-3)10(11(8)14)13(15)5-4-6-13/h7H,4-6,15H2,1-3H3. The molecule has 0 amide bonds. The smallest absolute Gasteiger partial charge is 0.167 e. The highest BCUT2D eigenvalue weighted by Crippen LogP contribution is 2.50. The molecule has 0 radical (unpaired) electrons. The molecule has 0 spiro atoms. The highest BCUT2D eigenvalue weighted by atomic mass is 35.5. The summed E-state index contributed by atoms with van der Waals surface area (Å²) in [5, 5.41) is 0.699. The molecule has 1 aromatic rings. The molecule has 0 bridgehead atoms. The van der Waals surface area contributed by atoms with Crippen molar-refractivity contribution in [3.8, 4) is 11.5 Å². The summed E-state index contributed by atoms with van der Waals surface area (Å²) >= 11 is 6.39. The molecule has 0 saturated heterocycles. The molecule has 0 aliphatic heterocycles. The zero-order valence-electron chi connectivity index (χ0n) is 10.5. The molecule has 94 valence electrons. The largest absolute Gasteiger partial charge is 0.493 e. The number of aryl methyl sites for hydroxylation is 1. The van der Waals surface area contributed by atoms with E-state index in [-0.39, 0.29) is 5.54 Å². The molecule has 4 heteroatoms. The first-order valence-corrected chi connectivity index (χ1v) is 6.11. The summed E-state index contributed by atoms with van der Waals surface area (Å²) in [4.78, 5) is 0. The van der Waals surface area contributed by atoms with Gasteiger partial charge in [0.2, 0.25) is 0 Å². The van der Waals surface area contributed by atoms with Crippen molar-refractivity contribution in [3.63, 3.8) is 0 Å². The molecule has 1 saturated carbocycles. The molecule has 1 aliphatic rings. The lowest BCUT2D eigenvalue weighted by molar-refractivity contribution is 0.240. The van der Waals surface area contributed by atoms with E-state index < -0.39 is 0 Å². The van der Waals surface area contributed by atoms with Crippen LogP contribution in [0.3, 0.4) is 0 Å². The Balaban J connectivity index is 2.65. The predicted octanol–water partition coefficient (Wildman–Crippen LogP) is 3.00. The van der Waals surface area contributed by atoms with E-state index in [1.807, 2.05) is 13.0 Å². The Kier molecular flexibility index (Phi) is 3.23. The maximum absolute atomic E-state index is 6.39. The van der Waals surface area contributed by atoms with Gasteiger partial charge in [-0.1, -0.05) is 11.6 Å². The second-order valence-corrected chi connectivity index (χ2v) is 5.01. The maximum Gasteiger partial charge on any atom is 0.167 e. The molecule has 17 heavy (non-hydrogen) atoms. The van der Waals surface area contributed by atoms with Gasteiger partial charge < -0.3 is 15.2 Å². The third-order valence-electron chi connectivity index (χ3n) is 3.53. The Hall–Kier alpha value is -0.930. The number of methoxy groups -OCH3 is 2. The number of halogens is 1. The van der Waals surface area contributed by atoms with Crippen molar-refractivity contribution in [2.24, 2.45) is 5.73 Å². The molecule has 2 rings (SSSR count). The Morgan fingerprint density at radius 1 is 1.29 bits per heavy atom. The van der Waals surface area contributed by atoms with Crippen LogP contribution in [0.4, 0.5) is 0 Å². The summed E-state index contributed by atoms with van der Waals surface area (Å²) in [5.41, 5.74) is 7.88. The monoisotopic (exact) mass is 255 g/mol. The summed E-state index contributed by atoms with van der Waals surface area (Å²) in [6.07, 6.45) is 3.01. The lowest BCUT2D eigenvalue weighted by Gasteiger charge is -2.40. The van der Waals surface area contributed by atoms with Crippen molar-refractivity contribution in [2.75, 3.05) is 14.2 Å². The van der Waals surface area contributed by atoms with Crippen molar-refractivity contribution in [1.29, 1.82) is 0 Å². The van der Waals surface area contributed by atoms with Crippen molar-refractivity contribution in [1.82, 2.24) is 0 Å². The fraction of sp³-hybridized carbons (Fsp3) is 0.538. The van der Waals surface area contributed by atoms with Crippen LogP contribution in [0.2, 0.25) is 5.02 Å². The number of benzene rings is 1. The van der Waals surface area contributed by atoms with Crippen molar-refractivity contribution >= 4 is 11.6 Å². The van der Waals surface area contributed by atoms with Crippen molar-refractivity contribution < 1.29 is 9.47 Å². The molecule has 1 aliphatic carbocycles. The Labute approximate surface area is 107 Å². The second-order valence-electron chi connectivity index (χ2n) is 4.63. The molecule has 1 fully saturated rings. The van der Waals surface area contributed by atoms with Crippen LogP contribution in [0.5, 0.6) is 11.5 Å². The molecule has 2 N–H and O–H groups in total. The van der Waals surface area contributed by atoms with Crippen molar-refractivity contribution in [2.45, 2.75) is 31.7 Å². The van der Waals surface area contributed by atoms with E-state index in [4.69, 9.17) is 26.8 Å². The second kappa shape index (κ2) is 4.39. The fourth-order valence-corrected chi connectivity index (χ4v) is 2.68. The van der Waals surface area contributed by atoms with Crippen molar-refractivity contribution in [3.05, 3.63) is 22.2 Å². The lowest BCUT2D eigenvalue weighted by Crippen LogP contribution is -2.44. The first kappa shape index (κ1) is 12.5. The highest BCUT2D eigenvalue weighted by Gasteiger charge is 2.40. The number of ether oxygens (including phenoxy) is 2. The highest BCUT2D eigenvalue weighted by molar-refractivity contribution is 6.32. The van der Waals surface area contributed by atoms with Crippen LogP contribution in [0, 0.1) is 6.92 Å². The van der Waals surface area contributed by atoms with Gasteiger partial charge in [0.25, 0.3) is 0 Å². The van der Waals surface area contributed by atoms with E-state index in [0.717, 1.165) is 30.4 Å². The van der Waals surface area contributed by atoms with Crippen LogP contribution in [0.15, 0.2) is 6.07 Å².